The molecule has 8 heteroatoms. The van der Waals surface area contributed by atoms with E-state index < -0.39 is 6.10 Å². The highest BCUT2D eigenvalue weighted by molar-refractivity contribution is 5.91. The molecule has 0 saturated carbocycles. The molecule has 2 fully saturated rings. The van der Waals surface area contributed by atoms with Gasteiger partial charge in [-0.2, -0.15) is 5.10 Å². The summed E-state index contributed by atoms with van der Waals surface area (Å²) in [7, 11) is 0. The maximum atomic E-state index is 12.8. The topological polar surface area (TPSA) is 84.0 Å². The molecule has 140 valence electrons. The van der Waals surface area contributed by atoms with Gasteiger partial charge in [0.1, 0.15) is 5.76 Å². The lowest BCUT2D eigenvalue weighted by atomic mass is 10.2. The van der Waals surface area contributed by atoms with E-state index in [0.717, 1.165) is 19.5 Å². The highest BCUT2D eigenvalue weighted by atomic mass is 16.5. The highest BCUT2D eigenvalue weighted by Crippen LogP contribution is 2.18. The summed E-state index contributed by atoms with van der Waals surface area (Å²) in [6.45, 7) is 4.37. The lowest BCUT2D eigenvalue weighted by Crippen LogP contribution is -2.45. The minimum atomic E-state index is -0.438. The van der Waals surface area contributed by atoms with Gasteiger partial charge < -0.3 is 19.2 Å². The van der Waals surface area contributed by atoms with Crippen LogP contribution in [0.5, 0.6) is 0 Å². The van der Waals surface area contributed by atoms with Gasteiger partial charge in [0.15, 0.2) is 5.76 Å². The molecule has 0 aliphatic carbocycles. The monoisotopic (exact) mass is 360 g/mol. The van der Waals surface area contributed by atoms with E-state index in [2.05, 4.69) is 10.00 Å². The summed E-state index contributed by atoms with van der Waals surface area (Å²) < 4.78 is 12.8. The van der Waals surface area contributed by atoms with Crippen molar-refractivity contribution in [2.45, 2.75) is 25.1 Å². The fraction of sp³-hybridized carbons (Fsp3) is 0.556. The first-order valence-corrected chi connectivity index (χ1v) is 9.06. The maximum Gasteiger partial charge on any atom is 0.289 e. The Morgan fingerprint density at radius 1 is 1.23 bits per heavy atom. The number of nitrogens with zero attached hydrogens (tertiary/aromatic N) is 4. The minimum absolute atomic E-state index is 0.0364. The first-order valence-electron chi connectivity index (χ1n) is 9.06. The van der Waals surface area contributed by atoms with Crippen LogP contribution in [-0.2, 0) is 11.3 Å². The molecule has 1 amide bonds. The van der Waals surface area contributed by atoms with Crippen molar-refractivity contribution >= 4 is 5.91 Å². The molecule has 2 aromatic heterocycles. The van der Waals surface area contributed by atoms with Crippen LogP contribution in [0.25, 0.3) is 0 Å². The van der Waals surface area contributed by atoms with E-state index in [4.69, 9.17) is 9.15 Å². The SMILES string of the molecule is O=C(c1ccc(Cn2cccn2)o1)N1CCCN(C2COCC2O)CC1. The zero-order valence-electron chi connectivity index (χ0n) is 14.7. The molecule has 2 saturated heterocycles. The molecule has 0 aromatic carbocycles. The molecule has 0 radical (unpaired) electrons. The molecular formula is C18H24N4O4. The molecular weight excluding hydrogens is 336 g/mol. The molecule has 1 N–H and O–H groups in total. The van der Waals surface area contributed by atoms with Crippen LogP contribution in [0.15, 0.2) is 35.0 Å². The van der Waals surface area contributed by atoms with Crippen molar-refractivity contribution in [3.63, 3.8) is 0 Å². The van der Waals surface area contributed by atoms with Gasteiger partial charge in [-0.05, 0) is 24.6 Å². The Morgan fingerprint density at radius 2 is 2.15 bits per heavy atom. The normalized spacial score (nSPS) is 24.7. The Morgan fingerprint density at radius 3 is 2.92 bits per heavy atom. The largest absolute Gasteiger partial charge is 0.454 e. The number of hydrogen-bond donors (Lipinski definition) is 1. The predicted molar refractivity (Wildman–Crippen MR) is 92.7 cm³/mol. The van der Waals surface area contributed by atoms with E-state index in [1.807, 2.05) is 23.2 Å². The molecule has 0 bridgehead atoms. The molecule has 2 aliphatic heterocycles. The third kappa shape index (κ3) is 3.67. The van der Waals surface area contributed by atoms with E-state index in [0.29, 0.717) is 44.4 Å². The Balaban J connectivity index is 1.37. The lowest BCUT2D eigenvalue weighted by molar-refractivity contribution is 0.0697. The Kier molecular flexibility index (Phi) is 5.05. The quantitative estimate of drug-likeness (QED) is 0.851. The third-order valence-electron chi connectivity index (χ3n) is 5.06. The van der Waals surface area contributed by atoms with Crippen LogP contribution in [0.1, 0.15) is 22.7 Å². The number of carbonyl (C=O) groups is 1. The molecule has 2 unspecified atom stereocenters. The number of aliphatic hydroxyl groups is 1. The van der Waals surface area contributed by atoms with Crippen molar-refractivity contribution in [3.8, 4) is 0 Å². The number of amides is 1. The predicted octanol–water partition coefficient (Wildman–Crippen LogP) is 0.432. The van der Waals surface area contributed by atoms with Crippen LogP contribution in [0.2, 0.25) is 0 Å². The molecule has 2 aromatic rings. The van der Waals surface area contributed by atoms with Crippen LogP contribution in [0.4, 0.5) is 0 Å². The second-order valence-corrected chi connectivity index (χ2v) is 6.82. The second kappa shape index (κ2) is 7.61. The standard InChI is InChI=1S/C18H24N4O4/c23-16-13-25-12-15(16)20-6-2-7-21(10-9-20)18(24)17-4-3-14(26-17)11-22-8-1-5-19-22/h1,3-5,8,15-16,23H,2,6-7,9-13H2. The van der Waals surface area contributed by atoms with Crippen LogP contribution >= 0.6 is 0 Å². The third-order valence-corrected chi connectivity index (χ3v) is 5.06. The summed E-state index contributed by atoms with van der Waals surface area (Å²) in [5, 5.41) is 14.2. The maximum absolute atomic E-state index is 12.8. The summed E-state index contributed by atoms with van der Waals surface area (Å²) in [6, 6.07) is 5.45. The number of aromatic nitrogens is 2. The van der Waals surface area contributed by atoms with Gasteiger partial charge >= 0.3 is 0 Å². The molecule has 2 atom stereocenters. The fourth-order valence-electron chi connectivity index (χ4n) is 3.64. The summed E-state index contributed by atoms with van der Waals surface area (Å²) >= 11 is 0. The van der Waals surface area contributed by atoms with Gasteiger partial charge in [-0.25, -0.2) is 0 Å². The first-order chi connectivity index (χ1) is 12.7. The van der Waals surface area contributed by atoms with Crippen LogP contribution in [0.3, 0.4) is 0 Å². The van der Waals surface area contributed by atoms with Gasteiger partial charge in [0.25, 0.3) is 5.91 Å². The summed E-state index contributed by atoms with van der Waals surface area (Å²) in [4.78, 5) is 16.8. The van der Waals surface area contributed by atoms with Crippen molar-refractivity contribution in [2.24, 2.45) is 0 Å². The average Bonchev–Trinajstić information content (AvgIpc) is 3.36. The van der Waals surface area contributed by atoms with E-state index in [-0.39, 0.29) is 11.9 Å². The van der Waals surface area contributed by atoms with E-state index in [9.17, 15) is 9.90 Å². The lowest BCUT2D eigenvalue weighted by Gasteiger charge is -2.28. The van der Waals surface area contributed by atoms with Gasteiger partial charge in [0.05, 0.1) is 31.9 Å². The summed E-state index contributed by atoms with van der Waals surface area (Å²) in [6.07, 6.45) is 4.00. The Hall–Kier alpha value is -2.16. The van der Waals surface area contributed by atoms with Gasteiger partial charge in [-0.1, -0.05) is 0 Å². The van der Waals surface area contributed by atoms with Crippen LogP contribution in [-0.4, -0.2) is 82.1 Å². The minimum Gasteiger partial charge on any atom is -0.454 e. The first kappa shape index (κ1) is 17.3. The van der Waals surface area contributed by atoms with Gasteiger partial charge in [-0.3, -0.25) is 14.4 Å². The number of ether oxygens (including phenoxy) is 1. The smallest absolute Gasteiger partial charge is 0.289 e. The van der Waals surface area contributed by atoms with Crippen molar-refractivity contribution in [2.75, 3.05) is 39.4 Å². The van der Waals surface area contributed by atoms with Crippen molar-refractivity contribution in [3.05, 3.63) is 42.1 Å². The Labute approximate surface area is 151 Å². The number of hydrogen-bond acceptors (Lipinski definition) is 6. The number of furan rings is 1. The van der Waals surface area contributed by atoms with E-state index in [1.54, 1.807) is 16.9 Å². The van der Waals surface area contributed by atoms with E-state index >= 15 is 0 Å². The van der Waals surface area contributed by atoms with Crippen molar-refractivity contribution < 1.29 is 19.1 Å². The van der Waals surface area contributed by atoms with E-state index in [1.165, 1.54) is 0 Å². The molecule has 0 spiro atoms. The van der Waals surface area contributed by atoms with Gasteiger partial charge in [-0.15, -0.1) is 0 Å². The zero-order valence-corrected chi connectivity index (χ0v) is 14.7. The second-order valence-electron chi connectivity index (χ2n) is 6.82. The zero-order chi connectivity index (χ0) is 17.9. The van der Waals surface area contributed by atoms with Crippen molar-refractivity contribution in [1.82, 2.24) is 19.6 Å². The van der Waals surface area contributed by atoms with Gasteiger partial charge in [0.2, 0.25) is 0 Å². The molecule has 2 aliphatic rings. The number of carbonyl (C=O) groups excluding carboxylic acids is 1. The number of aliphatic hydroxyl groups excluding tert-OH is 1. The average molecular weight is 360 g/mol. The molecule has 26 heavy (non-hydrogen) atoms. The molecule has 4 rings (SSSR count). The van der Waals surface area contributed by atoms with Gasteiger partial charge in [0, 0.05) is 38.6 Å². The highest BCUT2D eigenvalue weighted by Gasteiger charge is 2.33. The number of rotatable bonds is 4. The molecule has 8 nitrogen and oxygen atoms in total. The Bertz CT molecular complexity index is 729. The van der Waals surface area contributed by atoms with Crippen LogP contribution < -0.4 is 0 Å². The molecule has 4 heterocycles. The summed E-state index contributed by atoms with van der Waals surface area (Å²) in [5.74, 6) is 0.992. The van der Waals surface area contributed by atoms with Crippen LogP contribution in [0, 0.1) is 0 Å². The summed E-state index contributed by atoms with van der Waals surface area (Å²) in [5.41, 5.74) is 0. The van der Waals surface area contributed by atoms with Crippen molar-refractivity contribution in [1.29, 1.82) is 0 Å². The fourth-order valence-corrected chi connectivity index (χ4v) is 3.64.